The van der Waals surface area contributed by atoms with Crippen molar-refractivity contribution < 1.29 is 19.1 Å². The molecule has 0 unspecified atom stereocenters. The Bertz CT molecular complexity index is 335. The minimum atomic E-state index is -0.454. The molecule has 0 aromatic heterocycles. The standard InChI is InChI=1S/C12H17NO4/c1-10(5-6-12(15)16-2)17-9-8-13-7-3-4-11(13)14/h5-6H,1,3-4,7-9H2,2H3/b6-5+. The monoisotopic (exact) mass is 239 g/mol. The van der Waals surface area contributed by atoms with Crippen LogP contribution in [-0.2, 0) is 19.1 Å². The molecule has 1 aliphatic rings. The molecule has 5 heteroatoms. The molecular formula is C12H17NO4. The minimum absolute atomic E-state index is 0.171. The average molecular weight is 239 g/mol. The summed E-state index contributed by atoms with van der Waals surface area (Å²) < 4.78 is 9.69. The van der Waals surface area contributed by atoms with Gasteiger partial charge in [-0.3, -0.25) is 4.79 Å². The number of hydrogen-bond acceptors (Lipinski definition) is 4. The van der Waals surface area contributed by atoms with E-state index in [1.807, 2.05) is 0 Å². The van der Waals surface area contributed by atoms with Crippen LogP contribution in [0.15, 0.2) is 24.5 Å². The lowest BCUT2D eigenvalue weighted by Gasteiger charge is -2.15. The van der Waals surface area contributed by atoms with Gasteiger partial charge in [0.2, 0.25) is 5.91 Å². The van der Waals surface area contributed by atoms with E-state index in [9.17, 15) is 9.59 Å². The average Bonchev–Trinajstić information content (AvgIpc) is 2.72. The van der Waals surface area contributed by atoms with Crippen LogP contribution in [0.5, 0.6) is 0 Å². The van der Waals surface area contributed by atoms with Crippen LogP contribution in [0.25, 0.3) is 0 Å². The highest BCUT2D eigenvalue weighted by atomic mass is 16.5. The largest absolute Gasteiger partial charge is 0.492 e. The molecule has 0 aliphatic carbocycles. The van der Waals surface area contributed by atoms with Crippen LogP contribution in [0.3, 0.4) is 0 Å². The molecule has 1 amide bonds. The van der Waals surface area contributed by atoms with E-state index < -0.39 is 5.97 Å². The molecule has 1 heterocycles. The molecule has 94 valence electrons. The first-order chi connectivity index (χ1) is 8.13. The molecule has 1 saturated heterocycles. The summed E-state index contributed by atoms with van der Waals surface area (Å²) in [7, 11) is 1.30. The van der Waals surface area contributed by atoms with Crippen LogP contribution in [0.1, 0.15) is 12.8 Å². The fraction of sp³-hybridized carbons (Fsp3) is 0.500. The molecule has 0 N–H and O–H groups in total. The highest BCUT2D eigenvalue weighted by molar-refractivity contribution is 5.82. The molecule has 1 rings (SSSR count). The zero-order chi connectivity index (χ0) is 12.7. The fourth-order valence-corrected chi connectivity index (χ4v) is 1.50. The molecule has 0 saturated carbocycles. The van der Waals surface area contributed by atoms with Gasteiger partial charge in [-0.05, 0) is 12.5 Å². The molecular weight excluding hydrogens is 222 g/mol. The van der Waals surface area contributed by atoms with E-state index in [0.717, 1.165) is 13.0 Å². The van der Waals surface area contributed by atoms with Gasteiger partial charge < -0.3 is 14.4 Å². The summed E-state index contributed by atoms with van der Waals surface area (Å²) in [5.41, 5.74) is 0. The molecule has 1 fully saturated rings. The van der Waals surface area contributed by atoms with Gasteiger partial charge in [0.1, 0.15) is 12.4 Å². The number of ether oxygens (including phenoxy) is 2. The van der Waals surface area contributed by atoms with Gasteiger partial charge in [-0.2, -0.15) is 0 Å². The van der Waals surface area contributed by atoms with Crippen LogP contribution in [-0.4, -0.2) is 43.6 Å². The lowest BCUT2D eigenvalue weighted by Crippen LogP contribution is -2.28. The minimum Gasteiger partial charge on any atom is -0.492 e. The van der Waals surface area contributed by atoms with E-state index in [4.69, 9.17) is 4.74 Å². The predicted molar refractivity (Wildman–Crippen MR) is 62.1 cm³/mol. The Hall–Kier alpha value is -1.78. The number of carbonyl (C=O) groups excluding carboxylic acids is 2. The maximum Gasteiger partial charge on any atom is 0.330 e. The predicted octanol–water partition coefficient (Wildman–Crippen LogP) is 0.868. The van der Waals surface area contributed by atoms with Crippen LogP contribution < -0.4 is 0 Å². The molecule has 5 nitrogen and oxygen atoms in total. The summed E-state index contributed by atoms with van der Waals surface area (Å²) in [5, 5.41) is 0. The molecule has 17 heavy (non-hydrogen) atoms. The lowest BCUT2D eigenvalue weighted by atomic mass is 10.4. The van der Waals surface area contributed by atoms with Crippen molar-refractivity contribution in [2.45, 2.75) is 12.8 Å². The number of carbonyl (C=O) groups is 2. The molecule has 0 atom stereocenters. The van der Waals surface area contributed by atoms with Gasteiger partial charge in [0.05, 0.1) is 13.7 Å². The number of methoxy groups -OCH3 is 1. The Morgan fingerprint density at radius 1 is 1.53 bits per heavy atom. The Morgan fingerprint density at radius 3 is 2.88 bits per heavy atom. The topological polar surface area (TPSA) is 55.8 Å². The van der Waals surface area contributed by atoms with Gasteiger partial charge in [-0.25, -0.2) is 4.79 Å². The maximum atomic E-state index is 11.3. The van der Waals surface area contributed by atoms with Gasteiger partial charge in [0.15, 0.2) is 0 Å². The van der Waals surface area contributed by atoms with Crippen molar-refractivity contribution in [3.05, 3.63) is 24.5 Å². The number of likely N-dealkylation sites (tertiary alicyclic amines) is 1. The van der Waals surface area contributed by atoms with E-state index in [-0.39, 0.29) is 5.91 Å². The summed E-state index contributed by atoms with van der Waals surface area (Å²) in [6, 6.07) is 0. The molecule has 0 radical (unpaired) electrons. The van der Waals surface area contributed by atoms with Crippen LogP contribution in [0.4, 0.5) is 0 Å². The fourth-order valence-electron chi connectivity index (χ4n) is 1.50. The third-order valence-electron chi connectivity index (χ3n) is 2.43. The first-order valence-corrected chi connectivity index (χ1v) is 5.49. The van der Waals surface area contributed by atoms with Crippen molar-refractivity contribution in [3.63, 3.8) is 0 Å². The normalized spacial score (nSPS) is 15.4. The van der Waals surface area contributed by atoms with Gasteiger partial charge in [-0.15, -0.1) is 0 Å². The Balaban J connectivity index is 2.18. The highest BCUT2D eigenvalue weighted by Crippen LogP contribution is 2.09. The van der Waals surface area contributed by atoms with Gasteiger partial charge >= 0.3 is 5.97 Å². The third kappa shape index (κ3) is 4.72. The molecule has 1 aliphatic heterocycles. The Kier molecular flexibility index (Phi) is 5.26. The number of amides is 1. The number of allylic oxidation sites excluding steroid dienone is 1. The first-order valence-electron chi connectivity index (χ1n) is 5.49. The van der Waals surface area contributed by atoms with Crippen molar-refractivity contribution in [3.8, 4) is 0 Å². The third-order valence-corrected chi connectivity index (χ3v) is 2.43. The number of nitrogens with zero attached hydrogens (tertiary/aromatic N) is 1. The summed E-state index contributed by atoms with van der Waals surface area (Å²) in [6.45, 7) is 5.37. The van der Waals surface area contributed by atoms with E-state index in [0.29, 0.717) is 25.3 Å². The maximum absolute atomic E-state index is 11.3. The Morgan fingerprint density at radius 2 is 2.29 bits per heavy atom. The molecule has 0 aromatic carbocycles. The van der Waals surface area contributed by atoms with E-state index in [2.05, 4.69) is 11.3 Å². The van der Waals surface area contributed by atoms with E-state index in [1.165, 1.54) is 19.3 Å². The van der Waals surface area contributed by atoms with Gasteiger partial charge in [0, 0.05) is 19.0 Å². The zero-order valence-corrected chi connectivity index (χ0v) is 9.98. The second-order valence-corrected chi connectivity index (χ2v) is 3.66. The number of hydrogen-bond donors (Lipinski definition) is 0. The zero-order valence-electron chi connectivity index (χ0n) is 9.98. The van der Waals surface area contributed by atoms with Gasteiger partial charge in [-0.1, -0.05) is 6.58 Å². The molecule has 0 spiro atoms. The SMILES string of the molecule is C=C(/C=C/C(=O)OC)OCCN1CCCC1=O. The highest BCUT2D eigenvalue weighted by Gasteiger charge is 2.19. The smallest absolute Gasteiger partial charge is 0.330 e. The first kappa shape index (κ1) is 13.3. The summed E-state index contributed by atoms with van der Waals surface area (Å²) in [5.74, 6) is 0.0934. The number of esters is 1. The second-order valence-electron chi connectivity index (χ2n) is 3.66. The lowest BCUT2D eigenvalue weighted by molar-refractivity contribution is -0.134. The van der Waals surface area contributed by atoms with Crippen molar-refractivity contribution in [1.29, 1.82) is 0 Å². The number of rotatable bonds is 6. The summed E-state index contributed by atoms with van der Waals surface area (Å²) in [6.07, 6.45) is 4.23. The summed E-state index contributed by atoms with van der Waals surface area (Å²) in [4.78, 5) is 23.8. The van der Waals surface area contributed by atoms with E-state index in [1.54, 1.807) is 4.90 Å². The van der Waals surface area contributed by atoms with Crippen LogP contribution >= 0.6 is 0 Å². The van der Waals surface area contributed by atoms with Crippen LogP contribution in [0, 0.1) is 0 Å². The second kappa shape index (κ2) is 6.73. The Labute approximate surface area is 101 Å². The van der Waals surface area contributed by atoms with Gasteiger partial charge in [0.25, 0.3) is 0 Å². The van der Waals surface area contributed by atoms with Crippen molar-refractivity contribution in [2.24, 2.45) is 0 Å². The van der Waals surface area contributed by atoms with Crippen molar-refractivity contribution >= 4 is 11.9 Å². The van der Waals surface area contributed by atoms with E-state index >= 15 is 0 Å². The summed E-state index contributed by atoms with van der Waals surface area (Å²) >= 11 is 0. The van der Waals surface area contributed by atoms with Crippen LogP contribution in [0.2, 0.25) is 0 Å². The quantitative estimate of drug-likeness (QED) is 0.299. The molecule has 0 bridgehead atoms. The van der Waals surface area contributed by atoms with Crippen molar-refractivity contribution in [1.82, 2.24) is 4.90 Å². The van der Waals surface area contributed by atoms with Crippen molar-refractivity contribution in [2.75, 3.05) is 26.8 Å². The molecule has 0 aromatic rings.